The predicted octanol–water partition coefficient (Wildman–Crippen LogP) is 11.6. The standard InChI is InChI=1S/2C24H23N9.C21H21N9.C20H17N9O/c1-31-14-18(12-28-31)22-13-27-24-23(30-21(15-33(22)24)17-6-8-25-9-7-17)29-19-2-4-20(5-3-19)32-11-10-26-16-32;1-31-14-18(12-28-31)22-13-27-24-23(30-21(15-33(22)24)17-3-2-8-25-11-17)29-19-4-6-20(7-5-19)32-10-9-26-16-32;1-28-12-15(10-25-28)19-11-24-21-20(27-17(6-7-22)13-30(19)21)26-16-2-4-18(5-3-16)29-9-8-23-14-29;1-27-10-13(8-24-27)17-9-23-20-19(26-16(18(21)30)11-29(17)20)25-14-2-4-15(5-3-14)28-7-6-22-12-28/h2-6,10-16,25H,7-9H2,1H3,(H,29,30);3-7,9-10,12-16,25H,2,8,11H2,1H3,(H,29,30);2-5,8-14H,6-7,22H2,1H3,(H,26,27);2-12H,1H3,(H2,21,30)(H,25,26). The van der Waals surface area contributed by atoms with Gasteiger partial charge in [-0.25, -0.2) is 59.8 Å². The Morgan fingerprint density at radius 1 is 0.397 bits per heavy atom. The van der Waals surface area contributed by atoms with Gasteiger partial charge in [0.15, 0.2) is 45.9 Å². The fourth-order valence-electron chi connectivity index (χ4n) is 14.9. The summed E-state index contributed by atoms with van der Waals surface area (Å²) in [7, 11) is 7.57. The maximum Gasteiger partial charge on any atom is 0.268 e. The van der Waals surface area contributed by atoms with Crippen molar-refractivity contribution in [2.24, 2.45) is 39.7 Å². The number of nitrogens with one attached hydrogen (secondary N) is 6. The molecule has 0 saturated heterocycles. The smallest absolute Gasteiger partial charge is 0.268 e. The Morgan fingerprint density at radius 2 is 0.754 bits per heavy atom. The number of hydrogen-bond acceptors (Lipinski definition) is 24. The molecule has 626 valence electrons. The van der Waals surface area contributed by atoms with Gasteiger partial charge in [-0.15, -0.1) is 0 Å². The van der Waals surface area contributed by atoms with E-state index < -0.39 is 5.91 Å². The van der Waals surface area contributed by atoms with Crippen molar-refractivity contribution in [3.05, 3.63) is 306 Å². The molecule has 10 N–H and O–H groups in total. The molecular weight excluding hydrogens is 1590 g/mol. The van der Waals surface area contributed by atoms with E-state index in [-0.39, 0.29) is 5.69 Å². The molecule has 37 nitrogen and oxygen atoms in total. The number of primary amides is 1. The van der Waals surface area contributed by atoms with Gasteiger partial charge in [-0.1, -0.05) is 12.2 Å². The third-order valence-electron chi connectivity index (χ3n) is 21.2. The maximum atomic E-state index is 11.9. The lowest BCUT2D eigenvalue weighted by Gasteiger charge is -2.16. The number of imidazole rings is 8. The Labute approximate surface area is 718 Å². The maximum absolute atomic E-state index is 11.9. The van der Waals surface area contributed by atoms with Crippen molar-refractivity contribution in [3.8, 4) is 67.8 Å². The first kappa shape index (κ1) is 78.9. The fraction of sp³-hybridized carbons (Fsp3) is 0.135. The number of nitrogens with zero attached hydrogens (tertiary/aromatic N) is 28. The average molecular weight is 1670 g/mol. The summed E-state index contributed by atoms with van der Waals surface area (Å²) in [5.74, 6) is 1.92. The highest BCUT2D eigenvalue weighted by atomic mass is 16.1. The molecule has 0 saturated carbocycles. The second kappa shape index (κ2) is 35.0. The number of amides is 1. The van der Waals surface area contributed by atoms with E-state index in [1.165, 1.54) is 11.1 Å². The second-order valence-corrected chi connectivity index (χ2v) is 29.8. The zero-order valence-corrected chi connectivity index (χ0v) is 68.8. The summed E-state index contributed by atoms with van der Waals surface area (Å²) in [4.78, 5) is 65.8. The summed E-state index contributed by atoms with van der Waals surface area (Å²) < 4.78 is 22.9. The number of fused-ring (bicyclic) bond motifs is 4. The van der Waals surface area contributed by atoms with Crippen LogP contribution in [0.3, 0.4) is 0 Å². The number of anilines is 8. The molecule has 16 aromatic heterocycles. The number of carbonyl (C=O) groups excluding carboxylic acids is 1. The van der Waals surface area contributed by atoms with Gasteiger partial charge in [0, 0.05) is 215 Å². The quantitative estimate of drug-likeness (QED) is 0.0331. The topological polar surface area (TPSA) is 405 Å². The number of aromatic nitrogens is 28. The third kappa shape index (κ3) is 17.0. The van der Waals surface area contributed by atoms with Gasteiger partial charge >= 0.3 is 0 Å². The first-order valence-corrected chi connectivity index (χ1v) is 40.5. The Bertz CT molecular complexity index is 7010. The van der Waals surface area contributed by atoms with Gasteiger partial charge in [-0.2, -0.15) is 20.4 Å². The van der Waals surface area contributed by atoms with E-state index in [2.05, 4.69) is 121 Å². The van der Waals surface area contributed by atoms with Crippen LogP contribution in [0.1, 0.15) is 40.4 Å². The Kier molecular flexibility index (Phi) is 21.9. The number of benzene rings is 4. The van der Waals surface area contributed by atoms with Crippen molar-refractivity contribution in [1.29, 1.82) is 0 Å². The van der Waals surface area contributed by atoms with Crippen LogP contribution in [0.4, 0.5) is 46.0 Å². The lowest BCUT2D eigenvalue weighted by Crippen LogP contribution is -2.22. The van der Waals surface area contributed by atoms with E-state index in [4.69, 9.17) is 36.4 Å². The van der Waals surface area contributed by atoms with E-state index >= 15 is 0 Å². The number of carbonyl (C=O) groups is 1. The predicted molar refractivity (Wildman–Crippen MR) is 480 cm³/mol. The van der Waals surface area contributed by atoms with Crippen LogP contribution < -0.4 is 43.4 Å². The lowest BCUT2D eigenvalue weighted by atomic mass is 10.1. The van der Waals surface area contributed by atoms with Crippen LogP contribution in [-0.4, -0.2) is 173 Å². The molecule has 0 unspecified atom stereocenters. The Morgan fingerprint density at radius 3 is 1.07 bits per heavy atom. The second-order valence-electron chi connectivity index (χ2n) is 29.8. The summed E-state index contributed by atoms with van der Waals surface area (Å²) in [6.45, 7) is 4.12. The van der Waals surface area contributed by atoms with Gasteiger partial charge in [-0.05, 0) is 141 Å². The fourth-order valence-corrected chi connectivity index (χ4v) is 14.9. The van der Waals surface area contributed by atoms with Crippen LogP contribution in [0.15, 0.2) is 283 Å². The molecule has 18 heterocycles. The summed E-state index contributed by atoms with van der Waals surface area (Å²) >= 11 is 0. The Hall–Kier alpha value is -16.9. The molecule has 126 heavy (non-hydrogen) atoms. The highest BCUT2D eigenvalue weighted by Crippen LogP contribution is 2.34. The van der Waals surface area contributed by atoms with Gasteiger partial charge in [-0.3, -0.25) is 41.1 Å². The molecule has 0 spiro atoms. The zero-order chi connectivity index (χ0) is 85.6. The summed E-state index contributed by atoms with van der Waals surface area (Å²) in [6, 6.07) is 32.1. The molecular formula is C89H84N36O. The van der Waals surface area contributed by atoms with Crippen LogP contribution in [0.2, 0.25) is 0 Å². The molecule has 0 aliphatic carbocycles. The summed E-state index contributed by atoms with van der Waals surface area (Å²) in [5.41, 5.74) is 34.7. The van der Waals surface area contributed by atoms with Crippen LogP contribution in [0, 0.1) is 0 Å². The minimum atomic E-state index is -0.624. The molecule has 0 bridgehead atoms. The number of nitrogens with two attached hydrogens (primary N) is 2. The molecule has 4 aromatic carbocycles. The zero-order valence-electron chi connectivity index (χ0n) is 68.8. The van der Waals surface area contributed by atoms with Crippen molar-refractivity contribution < 1.29 is 4.79 Å². The minimum Gasteiger partial charge on any atom is -0.364 e. The molecule has 1 amide bonds. The van der Waals surface area contributed by atoms with Gasteiger partial charge in [0.25, 0.3) is 5.91 Å². The van der Waals surface area contributed by atoms with E-state index in [1.54, 1.807) is 91.8 Å². The Balaban J connectivity index is 0.000000110. The first-order valence-electron chi connectivity index (χ1n) is 40.5. The average Bonchev–Trinajstić information content (AvgIpc) is 1.62. The summed E-state index contributed by atoms with van der Waals surface area (Å²) in [6.07, 6.45) is 58.9. The van der Waals surface area contributed by atoms with Gasteiger partial charge in [0.1, 0.15) is 5.69 Å². The summed E-state index contributed by atoms with van der Waals surface area (Å²) in [5, 5.41) is 37.6. The molecule has 20 aromatic rings. The monoisotopic (exact) mass is 1670 g/mol. The van der Waals surface area contributed by atoms with Crippen molar-refractivity contribution in [1.82, 2.24) is 145 Å². The van der Waals surface area contributed by atoms with E-state index in [1.807, 2.05) is 241 Å². The van der Waals surface area contributed by atoms with Gasteiger partial charge in [0.05, 0.1) is 115 Å². The van der Waals surface area contributed by atoms with Crippen LogP contribution in [-0.2, 0) is 34.6 Å². The highest BCUT2D eigenvalue weighted by molar-refractivity contribution is 5.92. The van der Waals surface area contributed by atoms with Gasteiger partial charge in [0.2, 0.25) is 0 Å². The number of aryl methyl sites for hydroxylation is 4. The van der Waals surface area contributed by atoms with Crippen molar-refractivity contribution in [2.45, 2.75) is 19.3 Å². The molecule has 0 radical (unpaired) electrons. The van der Waals surface area contributed by atoms with Crippen molar-refractivity contribution >= 4 is 85.7 Å². The van der Waals surface area contributed by atoms with Crippen LogP contribution in [0.25, 0.3) is 102 Å². The first-order chi connectivity index (χ1) is 61.8. The third-order valence-corrected chi connectivity index (χ3v) is 21.2. The van der Waals surface area contributed by atoms with Gasteiger partial charge < -0.3 is 61.6 Å². The van der Waals surface area contributed by atoms with Crippen molar-refractivity contribution in [2.75, 3.05) is 54.0 Å². The minimum absolute atomic E-state index is 0.128. The largest absolute Gasteiger partial charge is 0.364 e. The molecule has 2 aliphatic rings. The molecule has 37 heteroatoms. The SMILES string of the molecule is Cn1cc(-c2cnc3c(Nc4ccc(-n5ccnc5)cc4)nc(C(N)=O)cn23)cn1.Cn1cc(-c2cnc3c(Nc4ccc(-n5ccnc5)cc4)nc(C4=CCCNC4)cn23)cn1.Cn1cc(-c2cnc3c(Nc4ccc(-n5ccnc5)cc4)nc(C4=CCNCC4)cn23)cn1.Cn1cc(-c2cnc3c(Nc4ccc(-n5ccnc5)cc4)nc(CCN)cn23)cn1. The molecule has 2 aliphatic heterocycles. The number of hydrogen-bond donors (Lipinski definition) is 8. The van der Waals surface area contributed by atoms with E-state index in [0.717, 1.165) is 169 Å². The highest BCUT2D eigenvalue weighted by Gasteiger charge is 2.23. The van der Waals surface area contributed by atoms with Crippen LogP contribution in [0.5, 0.6) is 0 Å². The molecule has 0 atom stereocenters. The van der Waals surface area contributed by atoms with E-state index in [0.29, 0.717) is 36.1 Å². The van der Waals surface area contributed by atoms with Crippen molar-refractivity contribution in [3.63, 3.8) is 0 Å². The normalized spacial score (nSPS) is 12.6. The van der Waals surface area contributed by atoms with E-state index in [9.17, 15) is 4.79 Å². The van der Waals surface area contributed by atoms with Crippen LogP contribution >= 0.6 is 0 Å². The molecule has 0 fully saturated rings. The number of rotatable bonds is 21. The lowest BCUT2D eigenvalue weighted by molar-refractivity contribution is 0.0995. The molecule has 22 rings (SSSR count).